The number of aryl methyl sites for hydroxylation is 1. The van der Waals surface area contributed by atoms with Crippen molar-refractivity contribution < 1.29 is 4.39 Å². The molecule has 0 saturated carbocycles. The van der Waals surface area contributed by atoms with Crippen molar-refractivity contribution in [1.29, 1.82) is 0 Å². The van der Waals surface area contributed by atoms with Gasteiger partial charge in [0.25, 0.3) is 0 Å². The number of rotatable bonds is 2. The number of likely N-dealkylation sites (tertiary alicyclic amines) is 1. The molecule has 23 heavy (non-hydrogen) atoms. The van der Waals surface area contributed by atoms with Crippen molar-refractivity contribution in [2.75, 3.05) is 13.6 Å². The average molecular weight is 332 g/mol. The standard InChI is InChI=1S/C20H22FN.ClH/c1-22-13-19-17-8-3-2-6-15(17)9-10-18(19)20(22)12-14-5-4-7-16(21)11-14;/h2-8,11,18-20H,9-10,12-13H2,1H3;1H/t18?,19-,20-;/m1./s1. The monoisotopic (exact) mass is 331 g/mol. The molecule has 0 radical (unpaired) electrons. The summed E-state index contributed by atoms with van der Waals surface area (Å²) in [6.07, 6.45) is 3.40. The maximum absolute atomic E-state index is 13.5. The Morgan fingerprint density at radius 2 is 1.96 bits per heavy atom. The van der Waals surface area contributed by atoms with Crippen LogP contribution in [0.4, 0.5) is 4.39 Å². The van der Waals surface area contributed by atoms with Gasteiger partial charge in [-0.25, -0.2) is 4.39 Å². The SMILES string of the molecule is CN1C[C@@H]2c3ccccc3CCC2[C@H]1Cc1cccc(F)c1.Cl. The number of nitrogens with zero attached hydrogens (tertiary/aromatic N) is 1. The van der Waals surface area contributed by atoms with Crippen LogP contribution < -0.4 is 0 Å². The van der Waals surface area contributed by atoms with Crippen LogP contribution in [0.3, 0.4) is 0 Å². The Hall–Kier alpha value is -1.38. The lowest BCUT2D eigenvalue weighted by atomic mass is 9.74. The molecule has 2 aromatic rings. The number of fused-ring (bicyclic) bond motifs is 3. The lowest BCUT2D eigenvalue weighted by Crippen LogP contribution is -2.32. The Balaban J connectivity index is 0.00000156. The van der Waals surface area contributed by atoms with E-state index in [4.69, 9.17) is 0 Å². The molecule has 1 saturated heterocycles. The fourth-order valence-corrected chi connectivity index (χ4v) is 4.56. The summed E-state index contributed by atoms with van der Waals surface area (Å²) in [6.45, 7) is 1.13. The van der Waals surface area contributed by atoms with Crippen LogP contribution in [0.25, 0.3) is 0 Å². The molecule has 4 rings (SSSR count). The Kier molecular flexibility index (Phi) is 4.74. The Morgan fingerprint density at radius 1 is 1.13 bits per heavy atom. The first-order valence-corrected chi connectivity index (χ1v) is 8.25. The summed E-state index contributed by atoms with van der Waals surface area (Å²) >= 11 is 0. The fraction of sp³-hybridized carbons (Fsp3) is 0.400. The van der Waals surface area contributed by atoms with Gasteiger partial charge in [-0.1, -0.05) is 36.4 Å². The molecule has 0 N–H and O–H groups in total. The van der Waals surface area contributed by atoms with Gasteiger partial charge in [0.05, 0.1) is 0 Å². The highest BCUT2D eigenvalue weighted by molar-refractivity contribution is 5.85. The quantitative estimate of drug-likeness (QED) is 0.786. The predicted octanol–water partition coefficient (Wildman–Crippen LogP) is 4.45. The zero-order valence-corrected chi connectivity index (χ0v) is 14.2. The molecular weight excluding hydrogens is 309 g/mol. The van der Waals surface area contributed by atoms with E-state index in [-0.39, 0.29) is 18.2 Å². The first-order chi connectivity index (χ1) is 10.7. The van der Waals surface area contributed by atoms with Crippen molar-refractivity contribution in [3.05, 3.63) is 71.0 Å². The van der Waals surface area contributed by atoms with Crippen molar-refractivity contribution in [2.24, 2.45) is 5.92 Å². The van der Waals surface area contributed by atoms with E-state index in [0.717, 1.165) is 18.5 Å². The minimum atomic E-state index is -0.122. The fourth-order valence-electron chi connectivity index (χ4n) is 4.56. The van der Waals surface area contributed by atoms with Crippen LogP contribution in [0, 0.1) is 11.7 Å². The second kappa shape index (κ2) is 6.62. The van der Waals surface area contributed by atoms with Crippen LogP contribution in [0.1, 0.15) is 29.0 Å². The Bertz CT molecular complexity index is 687. The third-order valence-electron chi connectivity index (χ3n) is 5.60. The maximum Gasteiger partial charge on any atom is 0.123 e. The van der Waals surface area contributed by atoms with E-state index in [9.17, 15) is 4.39 Å². The summed E-state index contributed by atoms with van der Waals surface area (Å²) in [5.74, 6) is 1.22. The summed E-state index contributed by atoms with van der Waals surface area (Å²) < 4.78 is 13.5. The molecule has 1 aliphatic heterocycles. The Labute approximate surface area is 143 Å². The molecule has 0 amide bonds. The number of likely N-dealkylation sites (N-methyl/N-ethyl adjacent to an activating group) is 1. The van der Waals surface area contributed by atoms with Gasteiger partial charge in [0.1, 0.15) is 5.82 Å². The van der Waals surface area contributed by atoms with E-state index >= 15 is 0 Å². The third-order valence-corrected chi connectivity index (χ3v) is 5.60. The van der Waals surface area contributed by atoms with Gasteiger partial charge in [-0.3, -0.25) is 0 Å². The van der Waals surface area contributed by atoms with Crippen LogP contribution in [0.5, 0.6) is 0 Å². The van der Waals surface area contributed by atoms with Crippen molar-refractivity contribution >= 4 is 12.4 Å². The number of halogens is 2. The third kappa shape index (κ3) is 3.02. The highest BCUT2D eigenvalue weighted by atomic mass is 35.5. The van der Waals surface area contributed by atoms with Gasteiger partial charge >= 0.3 is 0 Å². The Morgan fingerprint density at radius 3 is 2.78 bits per heavy atom. The van der Waals surface area contributed by atoms with Gasteiger partial charge < -0.3 is 4.90 Å². The average Bonchev–Trinajstić information content (AvgIpc) is 2.84. The first kappa shape index (κ1) is 16.5. The van der Waals surface area contributed by atoms with E-state index in [1.165, 1.54) is 24.5 Å². The molecule has 1 heterocycles. The summed E-state index contributed by atoms with van der Waals surface area (Å²) in [7, 11) is 2.23. The van der Waals surface area contributed by atoms with Gasteiger partial charge in [-0.05, 0) is 61.1 Å². The topological polar surface area (TPSA) is 3.24 Å². The minimum Gasteiger partial charge on any atom is -0.302 e. The highest BCUT2D eigenvalue weighted by Gasteiger charge is 2.42. The van der Waals surface area contributed by atoms with E-state index < -0.39 is 0 Å². The largest absolute Gasteiger partial charge is 0.302 e. The van der Waals surface area contributed by atoms with E-state index in [1.807, 2.05) is 6.07 Å². The summed E-state index contributed by atoms with van der Waals surface area (Å²) in [6, 6.07) is 16.5. The zero-order chi connectivity index (χ0) is 15.1. The summed E-state index contributed by atoms with van der Waals surface area (Å²) in [4.78, 5) is 2.49. The number of benzene rings is 2. The van der Waals surface area contributed by atoms with Crippen molar-refractivity contribution in [3.63, 3.8) is 0 Å². The van der Waals surface area contributed by atoms with Crippen LogP contribution in [0.15, 0.2) is 48.5 Å². The van der Waals surface area contributed by atoms with Gasteiger partial charge in [0, 0.05) is 18.5 Å². The molecule has 122 valence electrons. The molecule has 0 bridgehead atoms. The smallest absolute Gasteiger partial charge is 0.123 e. The van der Waals surface area contributed by atoms with E-state index in [1.54, 1.807) is 11.6 Å². The summed E-state index contributed by atoms with van der Waals surface area (Å²) in [5, 5.41) is 0. The normalized spacial score (nSPS) is 26.3. The highest BCUT2D eigenvalue weighted by Crippen LogP contribution is 2.45. The molecule has 2 aromatic carbocycles. The second-order valence-electron chi connectivity index (χ2n) is 6.85. The summed E-state index contributed by atoms with van der Waals surface area (Å²) in [5.41, 5.74) is 4.20. The van der Waals surface area contributed by atoms with Crippen molar-refractivity contribution in [1.82, 2.24) is 4.90 Å². The number of hydrogen-bond donors (Lipinski definition) is 0. The lowest BCUT2D eigenvalue weighted by molar-refractivity contribution is 0.259. The predicted molar refractivity (Wildman–Crippen MR) is 94.8 cm³/mol. The van der Waals surface area contributed by atoms with E-state index in [0.29, 0.717) is 17.9 Å². The molecule has 0 spiro atoms. The van der Waals surface area contributed by atoms with Crippen LogP contribution in [-0.4, -0.2) is 24.5 Å². The van der Waals surface area contributed by atoms with Gasteiger partial charge in [0.2, 0.25) is 0 Å². The van der Waals surface area contributed by atoms with Crippen molar-refractivity contribution in [2.45, 2.75) is 31.2 Å². The molecular formula is C20H23ClFN. The van der Waals surface area contributed by atoms with Gasteiger partial charge in [-0.15, -0.1) is 12.4 Å². The first-order valence-electron chi connectivity index (χ1n) is 8.25. The zero-order valence-electron chi connectivity index (χ0n) is 13.4. The molecule has 1 nitrogen and oxygen atoms in total. The molecule has 2 aliphatic rings. The molecule has 1 fully saturated rings. The van der Waals surface area contributed by atoms with Crippen molar-refractivity contribution in [3.8, 4) is 0 Å². The van der Waals surface area contributed by atoms with Crippen LogP contribution >= 0.6 is 12.4 Å². The van der Waals surface area contributed by atoms with Gasteiger partial charge in [0.15, 0.2) is 0 Å². The van der Waals surface area contributed by atoms with Crippen LogP contribution in [-0.2, 0) is 12.8 Å². The van der Waals surface area contributed by atoms with E-state index in [2.05, 4.69) is 42.3 Å². The minimum absolute atomic E-state index is 0. The molecule has 1 aliphatic carbocycles. The van der Waals surface area contributed by atoms with Crippen LogP contribution in [0.2, 0.25) is 0 Å². The number of hydrogen-bond acceptors (Lipinski definition) is 1. The second-order valence-corrected chi connectivity index (χ2v) is 6.85. The lowest BCUT2D eigenvalue weighted by Gasteiger charge is -2.31. The molecule has 3 atom stereocenters. The maximum atomic E-state index is 13.5. The van der Waals surface area contributed by atoms with Gasteiger partial charge in [-0.2, -0.15) is 0 Å². The molecule has 1 unspecified atom stereocenters. The molecule has 0 aromatic heterocycles. The molecule has 3 heteroatoms.